The highest BCUT2D eigenvalue weighted by molar-refractivity contribution is 6.27. The predicted molar refractivity (Wildman–Crippen MR) is 76.2 cm³/mol. The first-order chi connectivity index (χ1) is 8.70. The largest absolute Gasteiger partial charge is 0.446 e. The van der Waals surface area contributed by atoms with Crippen molar-refractivity contribution < 1.29 is 14.3 Å². The summed E-state index contributed by atoms with van der Waals surface area (Å²) in [7, 11) is 3.63. The van der Waals surface area contributed by atoms with Gasteiger partial charge >= 0.3 is 5.97 Å². The zero-order valence-corrected chi connectivity index (χ0v) is 12.2. The topological polar surface area (TPSA) is 137 Å². The van der Waals surface area contributed by atoms with Gasteiger partial charge in [0.1, 0.15) is 12.5 Å². The Balaban J connectivity index is -0.000000219. The molecular formula is C10H22ClN5O3. The predicted octanol–water partition coefficient (Wildman–Crippen LogP) is -0.818. The lowest BCUT2D eigenvalue weighted by Gasteiger charge is -2.07. The van der Waals surface area contributed by atoms with E-state index in [2.05, 4.69) is 22.3 Å². The van der Waals surface area contributed by atoms with Gasteiger partial charge in [-0.2, -0.15) is 0 Å². The lowest BCUT2D eigenvalue weighted by molar-refractivity contribution is -0.141. The van der Waals surface area contributed by atoms with Crippen LogP contribution in [0.2, 0.25) is 0 Å². The molecule has 0 aromatic rings. The fourth-order valence-corrected chi connectivity index (χ4v) is 0.252. The number of alkyl halides is 1. The Hall–Kier alpha value is -1.80. The summed E-state index contributed by atoms with van der Waals surface area (Å²) < 4.78 is 4.62. The Morgan fingerprint density at radius 3 is 1.95 bits per heavy atom. The lowest BCUT2D eigenvalue weighted by Crippen LogP contribution is -2.23. The van der Waals surface area contributed by atoms with Crippen LogP contribution in [0.15, 0.2) is 17.8 Å². The molecule has 0 bridgehead atoms. The number of carbonyl (C=O) groups is 2. The normalized spacial score (nSPS) is 8.05. The van der Waals surface area contributed by atoms with Crippen molar-refractivity contribution in [3.8, 4) is 0 Å². The highest BCUT2D eigenvalue weighted by Crippen LogP contribution is 1.80. The Kier molecular flexibility index (Phi) is 19.1. The van der Waals surface area contributed by atoms with Crippen molar-refractivity contribution in [2.45, 2.75) is 6.92 Å². The van der Waals surface area contributed by atoms with Crippen molar-refractivity contribution in [3.63, 3.8) is 0 Å². The number of guanidine groups is 1. The van der Waals surface area contributed by atoms with Gasteiger partial charge in [-0.15, -0.1) is 16.7 Å². The molecule has 0 aromatic carbocycles. The summed E-state index contributed by atoms with van der Waals surface area (Å²) in [5.41, 5.74) is 9.39. The molecule has 6 N–H and O–H groups in total. The van der Waals surface area contributed by atoms with Crippen molar-refractivity contribution in [2.75, 3.05) is 26.7 Å². The molecule has 0 unspecified atom stereocenters. The second kappa shape index (κ2) is 16.2. The van der Waals surface area contributed by atoms with Crippen LogP contribution in [-0.2, 0) is 14.3 Å². The number of hydrazone groups is 1. The monoisotopic (exact) mass is 295 g/mol. The van der Waals surface area contributed by atoms with E-state index < -0.39 is 0 Å². The number of hydrogen-bond acceptors (Lipinski definition) is 6. The van der Waals surface area contributed by atoms with Crippen LogP contribution >= 0.6 is 11.6 Å². The molecule has 0 saturated carbocycles. The van der Waals surface area contributed by atoms with Crippen LogP contribution < -0.4 is 17.3 Å². The van der Waals surface area contributed by atoms with Crippen LogP contribution in [0, 0.1) is 0 Å². The van der Waals surface area contributed by atoms with Gasteiger partial charge in [0, 0.05) is 6.08 Å². The third kappa shape index (κ3) is 38.6. The van der Waals surface area contributed by atoms with E-state index in [0.717, 1.165) is 6.08 Å². The van der Waals surface area contributed by atoms with Gasteiger partial charge < -0.3 is 22.0 Å². The molecule has 9 heteroatoms. The van der Waals surface area contributed by atoms with E-state index in [-0.39, 0.29) is 23.6 Å². The summed E-state index contributed by atoms with van der Waals surface area (Å²) in [5.74, 6) is 4.19. The van der Waals surface area contributed by atoms with Gasteiger partial charge in [-0.3, -0.25) is 9.69 Å². The van der Waals surface area contributed by atoms with Gasteiger partial charge in [0.25, 0.3) is 0 Å². The first-order valence-electron chi connectivity index (χ1n) is 4.99. The van der Waals surface area contributed by atoms with Crippen molar-refractivity contribution in [3.05, 3.63) is 12.7 Å². The second-order valence-corrected chi connectivity index (χ2v) is 3.53. The Bertz CT molecular complexity index is 291. The average molecular weight is 296 g/mol. The maximum atomic E-state index is 10.3. The number of hydrogen-bond donors (Lipinski definition) is 3. The van der Waals surface area contributed by atoms with Crippen LogP contribution in [0.3, 0.4) is 0 Å². The van der Waals surface area contributed by atoms with E-state index in [4.69, 9.17) is 23.1 Å². The van der Waals surface area contributed by atoms with Crippen LogP contribution in [0.25, 0.3) is 0 Å². The van der Waals surface area contributed by atoms with Gasteiger partial charge in [-0.05, 0) is 21.0 Å². The molecule has 0 aliphatic heterocycles. The van der Waals surface area contributed by atoms with Crippen molar-refractivity contribution in [1.82, 2.24) is 4.90 Å². The molecule has 0 fully saturated rings. The van der Waals surface area contributed by atoms with E-state index in [9.17, 15) is 9.59 Å². The SMILES string of the molecule is C=CC(=O)OCN(C)C.CC(=O)CCl.NN=C(N)N. The van der Waals surface area contributed by atoms with Gasteiger partial charge in [-0.1, -0.05) is 6.58 Å². The Labute approximate surface area is 118 Å². The second-order valence-electron chi connectivity index (χ2n) is 3.27. The smallest absolute Gasteiger partial charge is 0.331 e. The fourth-order valence-electron chi connectivity index (χ4n) is 0.252. The minimum Gasteiger partial charge on any atom is -0.446 e. The van der Waals surface area contributed by atoms with E-state index in [0.29, 0.717) is 6.73 Å². The number of ether oxygens (including phenoxy) is 1. The molecule has 0 rings (SSSR count). The summed E-state index contributed by atoms with van der Waals surface area (Å²) in [4.78, 5) is 21.8. The number of nitrogens with zero attached hydrogens (tertiary/aromatic N) is 2. The van der Waals surface area contributed by atoms with E-state index in [1.54, 1.807) is 4.90 Å². The Morgan fingerprint density at radius 2 is 1.79 bits per heavy atom. The van der Waals surface area contributed by atoms with Crippen molar-refractivity contribution in [2.24, 2.45) is 22.4 Å². The maximum absolute atomic E-state index is 10.3. The summed E-state index contributed by atoms with van der Waals surface area (Å²) >= 11 is 4.99. The molecule has 0 heterocycles. The molecule has 0 atom stereocenters. The van der Waals surface area contributed by atoms with Crippen molar-refractivity contribution in [1.29, 1.82) is 0 Å². The number of rotatable bonds is 4. The molecule has 8 nitrogen and oxygen atoms in total. The van der Waals surface area contributed by atoms with Gasteiger partial charge in [0.2, 0.25) is 5.96 Å². The number of ketones is 1. The lowest BCUT2D eigenvalue weighted by atomic mass is 10.5. The standard InChI is InChI=1S/C6H11NO2.C3H5ClO.CH6N4/c1-4-6(8)9-5-7(2)3;1-3(5)2-4;2-1(3)5-4/h4H,1,5H2,2-3H3;2H2,1H3;4H2,(H4,2,3,5). The average Bonchev–Trinajstić information content (AvgIpc) is 2.37. The van der Waals surface area contributed by atoms with Gasteiger partial charge in [-0.25, -0.2) is 4.79 Å². The molecular weight excluding hydrogens is 274 g/mol. The molecule has 0 aliphatic rings. The fraction of sp³-hybridized carbons (Fsp3) is 0.500. The number of halogens is 1. The highest BCUT2D eigenvalue weighted by atomic mass is 35.5. The molecule has 19 heavy (non-hydrogen) atoms. The van der Waals surface area contributed by atoms with E-state index >= 15 is 0 Å². The van der Waals surface area contributed by atoms with Crippen LogP contribution in [0.5, 0.6) is 0 Å². The molecule has 0 aromatic heterocycles. The zero-order chi connectivity index (χ0) is 15.8. The molecule has 0 spiro atoms. The number of carbonyl (C=O) groups excluding carboxylic acids is 2. The minimum atomic E-state index is -0.385. The number of esters is 1. The summed E-state index contributed by atoms with van der Waals surface area (Å²) in [5, 5.41) is 2.86. The van der Waals surface area contributed by atoms with Crippen molar-refractivity contribution >= 4 is 29.3 Å². The first kappa shape index (κ1) is 22.4. The summed E-state index contributed by atoms with van der Waals surface area (Å²) in [6.45, 7) is 5.01. The van der Waals surface area contributed by atoms with Gasteiger partial charge in [0.15, 0.2) is 0 Å². The quantitative estimate of drug-likeness (QED) is 0.0900. The number of nitrogens with two attached hydrogens (primary N) is 3. The van der Waals surface area contributed by atoms with E-state index in [1.807, 2.05) is 14.1 Å². The minimum absolute atomic E-state index is 0.0201. The third-order valence-corrected chi connectivity index (χ3v) is 1.35. The van der Waals surface area contributed by atoms with Crippen LogP contribution in [-0.4, -0.2) is 49.3 Å². The zero-order valence-electron chi connectivity index (χ0n) is 11.4. The third-order valence-electron chi connectivity index (χ3n) is 0.969. The molecule has 0 amide bonds. The summed E-state index contributed by atoms with van der Waals surface area (Å²) in [6.07, 6.45) is 1.14. The highest BCUT2D eigenvalue weighted by Gasteiger charge is 1.93. The molecule has 0 radical (unpaired) electrons. The van der Waals surface area contributed by atoms with Gasteiger partial charge in [0.05, 0.1) is 5.88 Å². The molecule has 112 valence electrons. The van der Waals surface area contributed by atoms with Crippen LogP contribution in [0.4, 0.5) is 0 Å². The summed E-state index contributed by atoms with van der Waals surface area (Å²) in [6, 6.07) is 0. The van der Waals surface area contributed by atoms with Crippen LogP contribution in [0.1, 0.15) is 6.92 Å². The van der Waals surface area contributed by atoms with E-state index in [1.165, 1.54) is 6.92 Å². The number of Topliss-reactive ketones (excluding diaryl/α,β-unsaturated/α-hetero) is 1. The molecule has 0 aliphatic carbocycles. The maximum Gasteiger partial charge on any atom is 0.331 e. The molecule has 0 saturated heterocycles. The first-order valence-corrected chi connectivity index (χ1v) is 5.52. The Morgan fingerprint density at radius 1 is 1.42 bits per heavy atom.